The topological polar surface area (TPSA) is 37.4 Å². The highest BCUT2D eigenvalue weighted by Crippen LogP contribution is 2.28. The van der Waals surface area contributed by atoms with Gasteiger partial charge >= 0.3 is 0 Å². The van der Waals surface area contributed by atoms with E-state index < -0.39 is 23.4 Å². The Balaban J connectivity index is 2.50. The molecule has 1 aromatic rings. The molecule has 0 aliphatic carbocycles. The van der Waals surface area contributed by atoms with Crippen LogP contribution in [0, 0.1) is 11.6 Å². The van der Waals surface area contributed by atoms with Crippen molar-refractivity contribution >= 4 is 17.5 Å². The van der Waals surface area contributed by atoms with Gasteiger partial charge in [-0.1, -0.05) is 0 Å². The van der Waals surface area contributed by atoms with E-state index in [-0.39, 0.29) is 16.8 Å². The number of nitrogens with zero attached hydrogens (tertiary/aromatic N) is 1. The van der Waals surface area contributed by atoms with Crippen LogP contribution in [0.3, 0.4) is 0 Å². The Morgan fingerprint density at radius 3 is 2.00 bits per heavy atom. The van der Waals surface area contributed by atoms with Crippen LogP contribution in [-0.4, -0.2) is 11.8 Å². The number of carbonyl (C=O) groups is 2. The number of hydrogen-bond acceptors (Lipinski definition) is 2. The first-order valence-corrected chi connectivity index (χ1v) is 4.95. The van der Waals surface area contributed by atoms with E-state index in [2.05, 4.69) is 0 Å². The quantitative estimate of drug-likeness (QED) is 0.702. The van der Waals surface area contributed by atoms with Crippen molar-refractivity contribution in [1.29, 1.82) is 0 Å². The molecule has 2 amide bonds. The van der Waals surface area contributed by atoms with Gasteiger partial charge in [-0.2, -0.15) is 0 Å². The van der Waals surface area contributed by atoms with Crippen molar-refractivity contribution in [3.8, 4) is 0 Å². The predicted molar refractivity (Wildman–Crippen MR) is 57.2 cm³/mol. The minimum Gasteiger partial charge on any atom is -0.269 e. The number of imide groups is 1. The summed E-state index contributed by atoms with van der Waals surface area (Å²) >= 11 is 0. The largest absolute Gasteiger partial charge is 0.269 e. The van der Waals surface area contributed by atoms with Gasteiger partial charge < -0.3 is 0 Å². The number of amides is 2. The average molecular weight is 237 g/mol. The predicted octanol–water partition coefficient (Wildman–Crippen LogP) is 2.17. The molecule has 0 bridgehead atoms. The SMILES string of the molecule is CC1=C(C)C(=O)N(c2ccc(F)cc2F)C1=O. The molecule has 0 spiro atoms. The van der Waals surface area contributed by atoms with Crippen LogP contribution in [0.4, 0.5) is 14.5 Å². The molecule has 2 rings (SSSR count). The van der Waals surface area contributed by atoms with Gasteiger partial charge in [0.25, 0.3) is 11.8 Å². The van der Waals surface area contributed by atoms with E-state index in [1.165, 1.54) is 13.8 Å². The molecule has 1 aliphatic heterocycles. The molecule has 0 fully saturated rings. The fourth-order valence-electron chi connectivity index (χ4n) is 1.63. The molecule has 0 unspecified atom stereocenters. The van der Waals surface area contributed by atoms with Gasteiger partial charge in [-0.25, -0.2) is 13.7 Å². The summed E-state index contributed by atoms with van der Waals surface area (Å²) in [5, 5.41) is 0. The molecule has 0 saturated carbocycles. The van der Waals surface area contributed by atoms with Crippen LogP contribution in [0.1, 0.15) is 13.8 Å². The zero-order valence-electron chi connectivity index (χ0n) is 9.25. The molecule has 88 valence electrons. The second-order valence-electron chi connectivity index (χ2n) is 3.79. The monoisotopic (exact) mass is 237 g/mol. The Labute approximate surface area is 96.3 Å². The zero-order valence-corrected chi connectivity index (χ0v) is 9.25. The molecule has 1 heterocycles. The number of hydrogen-bond donors (Lipinski definition) is 0. The maximum absolute atomic E-state index is 13.5. The van der Waals surface area contributed by atoms with Crippen molar-refractivity contribution in [3.05, 3.63) is 41.0 Å². The van der Waals surface area contributed by atoms with Crippen LogP contribution in [0.25, 0.3) is 0 Å². The van der Waals surface area contributed by atoms with Crippen molar-refractivity contribution in [2.45, 2.75) is 13.8 Å². The van der Waals surface area contributed by atoms with Crippen LogP contribution >= 0.6 is 0 Å². The van der Waals surface area contributed by atoms with Crippen LogP contribution in [-0.2, 0) is 9.59 Å². The Kier molecular flexibility index (Phi) is 2.53. The maximum atomic E-state index is 13.5. The molecule has 5 heteroatoms. The highest BCUT2D eigenvalue weighted by atomic mass is 19.1. The molecule has 0 saturated heterocycles. The minimum absolute atomic E-state index is 0.224. The zero-order chi connectivity index (χ0) is 12.7. The van der Waals surface area contributed by atoms with E-state index in [4.69, 9.17) is 0 Å². The van der Waals surface area contributed by atoms with Crippen molar-refractivity contribution in [2.75, 3.05) is 4.90 Å². The van der Waals surface area contributed by atoms with E-state index in [0.717, 1.165) is 17.0 Å². The summed E-state index contributed by atoms with van der Waals surface area (Å²) in [6.07, 6.45) is 0. The number of benzene rings is 1. The highest BCUT2D eigenvalue weighted by Gasteiger charge is 2.35. The second kappa shape index (κ2) is 3.76. The van der Waals surface area contributed by atoms with Gasteiger partial charge in [0.2, 0.25) is 0 Å². The minimum atomic E-state index is -0.936. The Morgan fingerprint density at radius 2 is 1.53 bits per heavy atom. The molecule has 0 radical (unpaired) electrons. The first kappa shape index (κ1) is 11.4. The molecule has 3 nitrogen and oxygen atoms in total. The van der Waals surface area contributed by atoms with Gasteiger partial charge in [0, 0.05) is 17.2 Å². The number of rotatable bonds is 1. The summed E-state index contributed by atoms with van der Waals surface area (Å²) in [5.74, 6) is -2.84. The van der Waals surface area contributed by atoms with Crippen LogP contribution < -0.4 is 4.90 Å². The van der Waals surface area contributed by atoms with E-state index in [9.17, 15) is 18.4 Å². The molecule has 0 atom stereocenters. The highest BCUT2D eigenvalue weighted by molar-refractivity contribution is 6.32. The lowest BCUT2D eigenvalue weighted by molar-refractivity contribution is -0.120. The summed E-state index contributed by atoms with van der Waals surface area (Å²) < 4.78 is 26.2. The smallest absolute Gasteiger partial charge is 0.261 e. The molecular formula is C12H9F2NO2. The first-order valence-electron chi connectivity index (χ1n) is 4.95. The van der Waals surface area contributed by atoms with Gasteiger partial charge in [-0.05, 0) is 26.0 Å². The average Bonchev–Trinajstić information content (AvgIpc) is 2.45. The lowest BCUT2D eigenvalue weighted by Gasteiger charge is -2.15. The summed E-state index contributed by atoms with van der Waals surface area (Å²) in [5.41, 5.74) is 0.329. The lowest BCUT2D eigenvalue weighted by Crippen LogP contribution is -2.32. The van der Waals surface area contributed by atoms with Gasteiger partial charge in [0.1, 0.15) is 11.6 Å². The number of carbonyl (C=O) groups excluding carboxylic acids is 2. The summed E-state index contributed by atoms with van der Waals surface area (Å²) in [6, 6.07) is 2.72. The van der Waals surface area contributed by atoms with Crippen molar-refractivity contribution < 1.29 is 18.4 Å². The summed E-state index contributed by atoms with van der Waals surface area (Å²) in [6.45, 7) is 2.99. The standard InChI is InChI=1S/C12H9F2NO2/c1-6-7(2)12(17)15(11(6)16)10-4-3-8(13)5-9(10)14/h3-5H,1-2H3. The third kappa shape index (κ3) is 1.63. The second-order valence-corrected chi connectivity index (χ2v) is 3.79. The van der Waals surface area contributed by atoms with Crippen LogP contribution in [0.15, 0.2) is 29.3 Å². The molecule has 17 heavy (non-hydrogen) atoms. The maximum Gasteiger partial charge on any atom is 0.261 e. The molecule has 0 N–H and O–H groups in total. The molecule has 1 aliphatic rings. The van der Waals surface area contributed by atoms with E-state index in [1.807, 2.05) is 0 Å². The summed E-state index contributed by atoms with van der Waals surface area (Å²) in [4.78, 5) is 24.2. The van der Waals surface area contributed by atoms with E-state index in [1.54, 1.807) is 0 Å². The molecular weight excluding hydrogens is 228 g/mol. The van der Waals surface area contributed by atoms with Crippen molar-refractivity contribution in [1.82, 2.24) is 0 Å². The van der Waals surface area contributed by atoms with Crippen LogP contribution in [0.5, 0.6) is 0 Å². The third-order valence-corrected chi connectivity index (χ3v) is 2.76. The summed E-state index contributed by atoms with van der Waals surface area (Å²) in [7, 11) is 0. The van der Waals surface area contributed by atoms with Crippen molar-refractivity contribution in [3.63, 3.8) is 0 Å². The van der Waals surface area contributed by atoms with Gasteiger partial charge in [0.05, 0.1) is 5.69 Å². The van der Waals surface area contributed by atoms with Gasteiger partial charge in [-0.3, -0.25) is 9.59 Å². The fourth-order valence-corrected chi connectivity index (χ4v) is 1.63. The van der Waals surface area contributed by atoms with Gasteiger partial charge in [-0.15, -0.1) is 0 Å². The van der Waals surface area contributed by atoms with Crippen molar-refractivity contribution in [2.24, 2.45) is 0 Å². The molecule has 0 aromatic heterocycles. The van der Waals surface area contributed by atoms with E-state index >= 15 is 0 Å². The lowest BCUT2D eigenvalue weighted by atomic mass is 10.2. The first-order chi connectivity index (χ1) is 7.93. The Morgan fingerprint density at radius 1 is 1.00 bits per heavy atom. The normalized spacial score (nSPS) is 16.1. The Bertz CT molecular complexity index is 540. The fraction of sp³-hybridized carbons (Fsp3) is 0.167. The number of halogens is 2. The van der Waals surface area contributed by atoms with Gasteiger partial charge in [0.15, 0.2) is 0 Å². The third-order valence-electron chi connectivity index (χ3n) is 2.76. The number of anilines is 1. The van der Waals surface area contributed by atoms with E-state index in [0.29, 0.717) is 6.07 Å². The Hall–Kier alpha value is -2.04. The molecule has 1 aromatic carbocycles. The van der Waals surface area contributed by atoms with Crippen LogP contribution in [0.2, 0.25) is 0 Å².